The number of rotatable bonds is 6. The summed E-state index contributed by atoms with van der Waals surface area (Å²) in [6, 6.07) is 5.62. The van der Waals surface area contributed by atoms with Crippen LogP contribution in [0.4, 0.5) is 0 Å². The standard InChI is InChI=1S/C19H26O6/c1-5-8-22-10-13-9-12(7-6-11(13)2)14(20)16-15(21)17-18(23-16)25-19(3,4)24-17/h5-7,9,14-18,20-21H,1,8,10H2,2-4H3/t14-,15+,16?,17?,18?/m0/s1. The molecule has 1 aromatic carbocycles. The van der Waals surface area contributed by atoms with Crippen molar-refractivity contribution in [2.24, 2.45) is 0 Å². The van der Waals surface area contributed by atoms with Crippen LogP contribution in [-0.2, 0) is 25.6 Å². The number of aliphatic hydroxyl groups excluding tert-OH is 2. The van der Waals surface area contributed by atoms with Gasteiger partial charge in [0.1, 0.15) is 24.4 Å². The van der Waals surface area contributed by atoms with Crippen LogP contribution in [0.15, 0.2) is 30.9 Å². The highest BCUT2D eigenvalue weighted by Gasteiger charge is 2.56. The predicted molar refractivity (Wildman–Crippen MR) is 90.7 cm³/mol. The second kappa shape index (κ2) is 7.15. The van der Waals surface area contributed by atoms with Gasteiger partial charge in [0.25, 0.3) is 0 Å². The van der Waals surface area contributed by atoms with Gasteiger partial charge in [-0.25, -0.2) is 0 Å². The largest absolute Gasteiger partial charge is 0.387 e. The lowest BCUT2D eigenvalue weighted by Gasteiger charge is -2.26. The Balaban J connectivity index is 1.72. The molecule has 25 heavy (non-hydrogen) atoms. The van der Waals surface area contributed by atoms with Crippen molar-refractivity contribution < 1.29 is 29.2 Å². The first-order valence-corrected chi connectivity index (χ1v) is 8.47. The molecule has 2 N–H and O–H groups in total. The van der Waals surface area contributed by atoms with E-state index in [-0.39, 0.29) is 0 Å². The minimum atomic E-state index is -0.991. The number of aliphatic hydroxyl groups is 2. The molecule has 2 aliphatic heterocycles. The molecule has 2 fully saturated rings. The predicted octanol–water partition coefficient (Wildman–Crippen LogP) is 1.97. The number of fused-ring (bicyclic) bond motifs is 1. The molecule has 6 nitrogen and oxygen atoms in total. The molecule has 2 saturated heterocycles. The first-order valence-electron chi connectivity index (χ1n) is 8.47. The first kappa shape index (κ1) is 18.5. The van der Waals surface area contributed by atoms with Gasteiger partial charge in [0.2, 0.25) is 0 Å². The maximum absolute atomic E-state index is 10.7. The van der Waals surface area contributed by atoms with Crippen molar-refractivity contribution in [3.63, 3.8) is 0 Å². The maximum atomic E-state index is 10.7. The Bertz CT molecular complexity index is 628. The summed E-state index contributed by atoms with van der Waals surface area (Å²) < 4.78 is 22.5. The third-order valence-electron chi connectivity index (χ3n) is 4.57. The highest BCUT2D eigenvalue weighted by molar-refractivity contribution is 5.32. The van der Waals surface area contributed by atoms with Gasteiger partial charge in [-0.2, -0.15) is 0 Å². The van der Waals surface area contributed by atoms with Gasteiger partial charge in [-0.15, -0.1) is 6.58 Å². The molecule has 5 atom stereocenters. The molecule has 0 bridgehead atoms. The van der Waals surface area contributed by atoms with Crippen molar-refractivity contribution in [1.29, 1.82) is 0 Å². The minimum absolute atomic E-state index is 0.429. The van der Waals surface area contributed by atoms with Crippen LogP contribution >= 0.6 is 0 Å². The van der Waals surface area contributed by atoms with Crippen LogP contribution in [0.2, 0.25) is 0 Å². The molecule has 2 aliphatic rings. The van der Waals surface area contributed by atoms with E-state index < -0.39 is 36.5 Å². The SMILES string of the molecule is C=CCOCc1cc([C@H](O)C2OC3OC(C)(C)OC3[C@@H]2O)ccc1C. The summed E-state index contributed by atoms with van der Waals surface area (Å²) in [6.45, 7) is 10.0. The van der Waals surface area contributed by atoms with Crippen molar-refractivity contribution in [3.8, 4) is 0 Å². The molecule has 1 aromatic rings. The zero-order chi connectivity index (χ0) is 18.2. The summed E-state index contributed by atoms with van der Waals surface area (Å²) in [5.74, 6) is -0.800. The highest BCUT2D eigenvalue weighted by Crippen LogP contribution is 2.41. The van der Waals surface area contributed by atoms with E-state index in [1.807, 2.05) is 25.1 Å². The number of ether oxygens (including phenoxy) is 4. The van der Waals surface area contributed by atoms with Crippen LogP contribution in [0.1, 0.15) is 36.6 Å². The fourth-order valence-corrected chi connectivity index (χ4v) is 3.25. The molecule has 0 saturated carbocycles. The average Bonchev–Trinajstić information content (AvgIpc) is 3.02. The van der Waals surface area contributed by atoms with Gasteiger partial charge in [-0.05, 0) is 37.5 Å². The van der Waals surface area contributed by atoms with E-state index in [4.69, 9.17) is 18.9 Å². The molecule has 2 heterocycles. The molecule has 138 valence electrons. The Hall–Kier alpha value is -1.28. The van der Waals surface area contributed by atoms with E-state index >= 15 is 0 Å². The monoisotopic (exact) mass is 350 g/mol. The van der Waals surface area contributed by atoms with Crippen LogP contribution in [0.25, 0.3) is 0 Å². The molecule has 0 radical (unpaired) electrons. The summed E-state index contributed by atoms with van der Waals surface area (Å²) >= 11 is 0. The third-order valence-corrected chi connectivity index (χ3v) is 4.57. The number of hydrogen-bond donors (Lipinski definition) is 2. The second-order valence-corrected chi connectivity index (χ2v) is 6.99. The van der Waals surface area contributed by atoms with Crippen LogP contribution in [-0.4, -0.2) is 47.2 Å². The van der Waals surface area contributed by atoms with E-state index in [0.717, 1.165) is 11.1 Å². The normalized spacial score (nSPS) is 31.7. The van der Waals surface area contributed by atoms with E-state index in [9.17, 15) is 10.2 Å². The highest BCUT2D eigenvalue weighted by atomic mass is 16.8. The number of hydrogen-bond acceptors (Lipinski definition) is 6. The lowest BCUT2D eigenvalue weighted by Crippen LogP contribution is -2.37. The Kier molecular flexibility index (Phi) is 5.29. The molecule has 0 aromatic heterocycles. The van der Waals surface area contributed by atoms with Gasteiger partial charge in [0, 0.05) is 0 Å². The molecule has 0 spiro atoms. The van der Waals surface area contributed by atoms with Gasteiger partial charge < -0.3 is 29.2 Å². The van der Waals surface area contributed by atoms with Gasteiger partial charge in [-0.3, -0.25) is 0 Å². The van der Waals surface area contributed by atoms with Gasteiger partial charge in [0.15, 0.2) is 12.1 Å². The zero-order valence-electron chi connectivity index (χ0n) is 14.8. The number of benzene rings is 1. The van der Waals surface area contributed by atoms with Crippen LogP contribution in [0, 0.1) is 6.92 Å². The van der Waals surface area contributed by atoms with E-state index in [2.05, 4.69) is 6.58 Å². The Morgan fingerprint density at radius 3 is 2.80 bits per heavy atom. The van der Waals surface area contributed by atoms with Crippen molar-refractivity contribution in [2.75, 3.05) is 6.61 Å². The maximum Gasteiger partial charge on any atom is 0.190 e. The Morgan fingerprint density at radius 1 is 1.36 bits per heavy atom. The third kappa shape index (κ3) is 3.79. The molecule has 3 rings (SSSR count). The minimum Gasteiger partial charge on any atom is -0.387 e. The van der Waals surface area contributed by atoms with E-state index in [1.165, 1.54) is 0 Å². The lowest BCUT2D eigenvalue weighted by molar-refractivity contribution is -0.226. The molecule has 3 unspecified atom stereocenters. The first-order chi connectivity index (χ1) is 11.8. The summed E-state index contributed by atoms with van der Waals surface area (Å²) in [5, 5.41) is 21.2. The fraction of sp³-hybridized carbons (Fsp3) is 0.579. The fourth-order valence-electron chi connectivity index (χ4n) is 3.25. The zero-order valence-corrected chi connectivity index (χ0v) is 14.8. The van der Waals surface area contributed by atoms with Crippen molar-refractivity contribution in [1.82, 2.24) is 0 Å². The van der Waals surface area contributed by atoms with E-state index in [1.54, 1.807) is 19.9 Å². The summed E-state index contributed by atoms with van der Waals surface area (Å²) in [4.78, 5) is 0. The Labute approximate surface area is 148 Å². The second-order valence-electron chi connectivity index (χ2n) is 6.99. The van der Waals surface area contributed by atoms with Crippen LogP contribution in [0.3, 0.4) is 0 Å². The molecular formula is C19H26O6. The quantitative estimate of drug-likeness (QED) is 0.603. The summed E-state index contributed by atoms with van der Waals surface area (Å²) in [6.07, 6.45) is -2.35. The van der Waals surface area contributed by atoms with Crippen molar-refractivity contribution in [2.45, 2.75) is 63.9 Å². The smallest absolute Gasteiger partial charge is 0.190 e. The topological polar surface area (TPSA) is 77.4 Å². The lowest BCUT2D eigenvalue weighted by atomic mass is 9.96. The van der Waals surface area contributed by atoms with Crippen LogP contribution in [0.5, 0.6) is 0 Å². The van der Waals surface area contributed by atoms with Gasteiger partial charge in [-0.1, -0.05) is 24.3 Å². The number of aryl methyl sites for hydroxylation is 1. The Morgan fingerprint density at radius 2 is 2.12 bits per heavy atom. The van der Waals surface area contributed by atoms with E-state index in [0.29, 0.717) is 18.8 Å². The molecule has 0 aliphatic carbocycles. The molecular weight excluding hydrogens is 324 g/mol. The average molecular weight is 350 g/mol. The van der Waals surface area contributed by atoms with Crippen molar-refractivity contribution in [3.05, 3.63) is 47.5 Å². The summed E-state index contributed by atoms with van der Waals surface area (Å²) in [5.41, 5.74) is 2.70. The van der Waals surface area contributed by atoms with Crippen molar-refractivity contribution >= 4 is 0 Å². The summed E-state index contributed by atoms with van der Waals surface area (Å²) in [7, 11) is 0. The van der Waals surface area contributed by atoms with Gasteiger partial charge in [0.05, 0.1) is 13.2 Å². The molecule has 0 amide bonds. The van der Waals surface area contributed by atoms with Crippen LogP contribution < -0.4 is 0 Å². The molecule has 6 heteroatoms. The van der Waals surface area contributed by atoms with Gasteiger partial charge >= 0.3 is 0 Å².